The number of carbonyl (C=O) groups is 1. The molecule has 6 rings (SSSR count). The van der Waals surface area contributed by atoms with Crippen LogP contribution in [-0.4, -0.2) is 91.2 Å². The standard InChI is InChI=1S/C27H32N4O5S/c1-18-14-26(27(33)29-10-12-36-13-11-29)31(18)37(34,35)21-6-7-25(30-9-8-20(32)17-30)22(16-21)24-15-19-4-2-3-5-23(19)28-24/h2-7,15-16,18,20,26,28,32H,8-14,17H2,1H3/t18-,20-,26-/m0/s1. The Balaban J connectivity index is 1.38. The number of nitrogens with one attached hydrogen (secondary N) is 1. The number of H-pyrrole nitrogens is 1. The quantitative estimate of drug-likeness (QED) is 0.531. The van der Waals surface area contributed by atoms with Crippen molar-refractivity contribution in [3.05, 3.63) is 48.5 Å². The van der Waals surface area contributed by atoms with Crippen LogP contribution >= 0.6 is 0 Å². The number of rotatable bonds is 5. The number of fused-ring (bicyclic) bond motifs is 1. The van der Waals surface area contributed by atoms with Crippen LogP contribution in [0, 0.1) is 0 Å². The lowest BCUT2D eigenvalue weighted by molar-refractivity contribution is -0.144. The summed E-state index contributed by atoms with van der Waals surface area (Å²) in [5.74, 6) is -0.150. The van der Waals surface area contributed by atoms with Crippen molar-refractivity contribution in [1.82, 2.24) is 14.2 Å². The fourth-order valence-electron chi connectivity index (χ4n) is 5.78. The predicted octanol–water partition coefficient (Wildman–Crippen LogP) is 2.42. The van der Waals surface area contributed by atoms with E-state index in [9.17, 15) is 18.3 Å². The molecule has 2 aromatic carbocycles. The molecular weight excluding hydrogens is 492 g/mol. The Labute approximate surface area is 216 Å². The van der Waals surface area contributed by atoms with Gasteiger partial charge in [0.25, 0.3) is 0 Å². The number of benzene rings is 2. The van der Waals surface area contributed by atoms with Crippen molar-refractivity contribution in [3.8, 4) is 11.3 Å². The van der Waals surface area contributed by atoms with E-state index < -0.39 is 22.2 Å². The molecule has 3 aliphatic rings. The van der Waals surface area contributed by atoms with Crippen LogP contribution < -0.4 is 4.90 Å². The van der Waals surface area contributed by atoms with Crippen LogP contribution in [0.5, 0.6) is 0 Å². The summed E-state index contributed by atoms with van der Waals surface area (Å²) in [4.78, 5) is 20.6. The molecule has 3 aliphatic heterocycles. The minimum absolute atomic E-state index is 0.150. The molecule has 1 aromatic heterocycles. The molecule has 9 nitrogen and oxygen atoms in total. The second-order valence-electron chi connectivity index (χ2n) is 10.2. The van der Waals surface area contributed by atoms with Crippen molar-refractivity contribution in [2.45, 2.75) is 42.8 Å². The molecule has 3 fully saturated rings. The van der Waals surface area contributed by atoms with Gasteiger partial charge in [0.05, 0.1) is 24.2 Å². The Hall–Kier alpha value is -2.92. The molecule has 196 valence electrons. The van der Waals surface area contributed by atoms with Crippen LogP contribution in [-0.2, 0) is 19.6 Å². The summed E-state index contributed by atoms with van der Waals surface area (Å²) in [6.07, 6.45) is 0.768. The lowest BCUT2D eigenvalue weighted by Gasteiger charge is -2.46. The largest absolute Gasteiger partial charge is 0.391 e. The van der Waals surface area contributed by atoms with Gasteiger partial charge in [-0.1, -0.05) is 18.2 Å². The lowest BCUT2D eigenvalue weighted by Crippen LogP contribution is -2.64. The molecule has 10 heteroatoms. The van der Waals surface area contributed by atoms with Gasteiger partial charge in [0.1, 0.15) is 6.04 Å². The fourth-order valence-corrected chi connectivity index (χ4v) is 7.60. The number of β-amino-alcohol motifs (C(OH)–C–C–N with tert-alkyl or cyclic N) is 1. The third-order valence-electron chi connectivity index (χ3n) is 7.78. The van der Waals surface area contributed by atoms with Gasteiger partial charge in [-0.2, -0.15) is 4.31 Å². The zero-order valence-corrected chi connectivity index (χ0v) is 21.7. The Kier molecular flexibility index (Phi) is 6.22. The molecule has 3 saturated heterocycles. The van der Waals surface area contributed by atoms with Gasteiger partial charge < -0.3 is 24.6 Å². The topological polar surface area (TPSA) is 106 Å². The summed E-state index contributed by atoms with van der Waals surface area (Å²) in [5, 5.41) is 11.2. The van der Waals surface area contributed by atoms with Crippen LogP contribution in [0.1, 0.15) is 19.8 Å². The zero-order chi connectivity index (χ0) is 25.7. The summed E-state index contributed by atoms with van der Waals surface area (Å²) in [5.41, 5.74) is 3.41. The first kappa shape index (κ1) is 24.4. The van der Waals surface area contributed by atoms with E-state index in [0.29, 0.717) is 52.2 Å². The minimum atomic E-state index is -3.92. The number of ether oxygens (including phenoxy) is 1. The number of aliphatic hydroxyl groups excluding tert-OH is 1. The number of morpholine rings is 1. The summed E-state index contributed by atoms with van der Waals surface area (Å²) < 4.78 is 34.6. The van der Waals surface area contributed by atoms with Crippen LogP contribution in [0.4, 0.5) is 5.69 Å². The summed E-state index contributed by atoms with van der Waals surface area (Å²) in [6.45, 7) is 4.96. The number of carbonyl (C=O) groups excluding carboxylic acids is 1. The van der Waals surface area contributed by atoms with Crippen molar-refractivity contribution < 1.29 is 23.1 Å². The lowest BCUT2D eigenvalue weighted by atomic mass is 9.97. The molecule has 2 N–H and O–H groups in total. The normalized spacial score (nSPS) is 25.0. The summed E-state index contributed by atoms with van der Waals surface area (Å²) in [6, 6.07) is 14.2. The van der Waals surface area contributed by atoms with Crippen LogP contribution in [0.2, 0.25) is 0 Å². The molecule has 0 unspecified atom stereocenters. The predicted molar refractivity (Wildman–Crippen MR) is 141 cm³/mol. The Bertz CT molecular complexity index is 1400. The first-order valence-electron chi connectivity index (χ1n) is 12.9. The van der Waals surface area contributed by atoms with Crippen LogP contribution in [0.25, 0.3) is 22.2 Å². The Morgan fingerprint density at radius 3 is 2.57 bits per heavy atom. The third kappa shape index (κ3) is 4.31. The molecule has 0 bridgehead atoms. The van der Waals surface area contributed by atoms with Gasteiger partial charge in [-0.25, -0.2) is 8.42 Å². The van der Waals surface area contributed by atoms with Gasteiger partial charge in [-0.3, -0.25) is 4.79 Å². The monoisotopic (exact) mass is 524 g/mol. The number of hydrogen-bond acceptors (Lipinski definition) is 6. The number of hydrogen-bond donors (Lipinski definition) is 2. The smallest absolute Gasteiger partial charge is 0.244 e. The highest BCUT2D eigenvalue weighted by atomic mass is 32.2. The number of nitrogens with zero attached hydrogens (tertiary/aromatic N) is 3. The van der Waals surface area contributed by atoms with E-state index in [1.54, 1.807) is 17.0 Å². The second kappa shape index (κ2) is 9.43. The molecule has 3 aromatic rings. The van der Waals surface area contributed by atoms with Gasteiger partial charge in [-0.15, -0.1) is 0 Å². The van der Waals surface area contributed by atoms with Crippen molar-refractivity contribution in [2.75, 3.05) is 44.3 Å². The molecule has 0 radical (unpaired) electrons. The highest BCUT2D eigenvalue weighted by Crippen LogP contribution is 2.39. The maximum absolute atomic E-state index is 13.9. The number of aromatic amines is 1. The van der Waals surface area contributed by atoms with E-state index in [1.165, 1.54) is 4.31 Å². The van der Waals surface area contributed by atoms with Crippen molar-refractivity contribution in [2.24, 2.45) is 0 Å². The van der Waals surface area contributed by atoms with Crippen molar-refractivity contribution in [3.63, 3.8) is 0 Å². The SMILES string of the molecule is C[C@H]1C[C@@H](C(=O)N2CCOCC2)N1S(=O)(=O)c1ccc(N2CC[C@H](O)C2)c(-c2cc3ccccc3[nH]2)c1. The molecule has 0 saturated carbocycles. The van der Waals surface area contributed by atoms with E-state index in [4.69, 9.17) is 4.74 Å². The Morgan fingerprint density at radius 2 is 1.86 bits per heavy atom. The molecular formula is C27H32N4O5S. The van der Waals surface area contributed by atoms with Crippen LogP contribution in [0.3, 0.4) is 0 Å². The third-order valence-corrected chi connectivity index (χ3v) is 9.80. The maximum atomic E-state index is 13.9. The molecule has 1 amide bonds. The first-order valence-corrected chi connectivity index (χ1v) is 14.3. The summed E-state index contributed by atoms with van der Waals surface area (Å²) >= 11 is 0. The number of aromatic nitrogens is 1. The number of aliphatic hydroxyl groups is 1. The van der Waals surface area contributed by atoms with Crippen LogP contribution in [0.15, 0.2) is 53.4 Å². The van der Waals surface area contributed by atoms with Gasteiger partial charge >= 0.3 is 0 Å². The number of anilines is 1. The minimum Gasteiger partial charge on any atom is -0.391 e. The highest BCUT2D eigenvalue weighted by Gasteiger charge is 2.49. The molecule has 4 heterocycles. The average Bonchev–Trinajstić information content (AvgIpc) is 3.53. The molecule has 37 heavy (non-hydrogen) atoms. The van der Waals surface area contributed by atoms with Gasteiger partial charge in [0, 0.05) is 60.1 Å². The van der Waals surface area contributed by atoms with Gasteiger partial charge in [-0.05, 0) is 50.1 Å². The summed E-state index contributed by atoms with van der Waals surface area (Å²) in [7, 11) is -3.92. The zero-order valence-electron chi connectivity index (χ0n) is 20.8. The Morgan fingerprint density at radius 1 is 1.08 bits per heavy atom. The number of sulfonamides is 1. The van der Waals surface area contributed by atoms with E-state index >= 15 is 0 Å². The highest BCUT2D eigenvalue weighted by molar-refractivity contribution is 7.89. The van der Waals surface area contributed by atoms with E-state index in [-0.39, 0.29) is 16.8 Å². The number of amides is 1. The fraction of sp³-hybridized carbons (Fsp3) is 0.444. The van der Waals surface area contributed by atoms with E-state index in [2.05, 4.69) is 9.88 Å². The number of para-hydroxylation sites is 1. The van der Waals surface area contributed by atoms with Crippen molar-refractivity contribution >= 4 is 32.5 Å². The first-order chi connectivity index (χ1) is 17.8. The van der Waals surface area contributed by atoms with Crippen molar-refractivity contribution in [1.29, 1.82) is 0 Å². The molecule has 0 aliphatic carbocycles. The van der Waals surface area contributed by atoms with E-state index in [1.807, 2.05) is 43.3 Å². The molecule has 3 atom stereocenters. The van der Waals surface area contributed by atoms with E-state index in [0.717, 1.165) is 27.8 Å². The molecule has 0 spiro atoms. The second-order valence-corrected chi connectivity index (χ2v) is 12.1. The van der Waals surface area contributed by atoms with Gasteiger partial charge in [0.2, 0.25) is 15.9 Å². The average molecular weight is 525 g/mol. The maximum Gasteiger partial charge on any atom is 0.244 e. The van der Waals surface area contributed by atoms with Gasteiger partial charge in [0.15, 0.2) is 0 Å².